The number of nitrogens with two attached hydrogens (primary N) is 1. The van der Waals surface area contributed by atoms with Crippen LogP contribution in [0.15, 0.2) is 30.5 Å². The maximum absolute atomic E-state index is 5.58. The molecular weight excluding hydrogens is 226 g/mol. The van der Waals surface area contributed by atoms with Crippen LogP contribution in [-0.2, 0) is 19.9 Å². The second kappa shape index (κ2) is 5.69. The quantitative estimate of drug-likeness (QED) is 0.869. The van der Waals surface area contributed by atoms with Crippen molar-refractivity contribution in [3.63, 3.8) is 0 Å². The highest BCUT2D eigenvalue weighted by atomic mass is 16.5. The fourth-order valence-electron chi connectivity index (χ4n) is 2.05. The maximum atomic E-state index is 5.58. The number of hydrogen-bond donors (Lipinski definition) is 1. The lowest BCUT2D eigenvalue weighted by molar-refractivity contribution is 0.410. The van der Waals surface area contributed by atoms with E-state index in [9.17, 15) is 0 Å². The standard InChI is InChI=1S/C14H19N3O/c1-17-12(7-8-15)10-16-14(17)9-11-5-3-4-6-13(11)18-2/h3-6,10H,7-9,15H2,1-2H3. The van der Waals surface area contributed by atoms with Gasteiger partial charge in [0.15, 0.2) is 0 Å². The summed E-state index contributed by atoms with van der Waals surface area (Å²) in [5.74, 6) is 1.93. The van der Waals surface area contributed by atoms with Crippen LogP contribution in [0.2, 0.25) is 0 Å². The average molecular weight is 245 g/mol. The van der Waals surface area contributed by atoms with Crippen LogP contribution < -0.4 is 10.5 Å². The van der Waals surface area contributed by atoms with Gasteiger partial charge in [0.05, 0.1) is 7.11 Å². The van der Waals surface area contributed by atoms with Gasteiger partial charge in [0.1, 0.15) is 11.6 Å². The summed E-state index contributed by atoms with van der Waals surface area (Å²) in [7, 11) is 3.72. The van der Waals surface area contributed by atoms with Crippen LogP contribution in [0.3, 0.4) is 0 Å². The number of methoxy groups -OCH3 is 1. The molecule has 0 saturated heterocycles. The first-order valence-corrected chi connectivity index (χ1v) is 6.07. The molecule has 4 nitrogen and oxygen atoms in total. The second-order valence-corrected chi connectivity index (χ2v) is 4.25. The molecule has 0 amide bonds. The van der Waals surface area contributed by atoms with Gasteiger partial charge in [-0.25, -0.2) is 4.98 Å². The molecule has 2 aromatic rings. The molecule has 1 heterocycles. The van der Waals surface area contributed by atoms with Gasteiger partial charge in [-0.2, -0.15) is 0 Å². The first-order chi connectivity index (χ1) is 8.76. The zero-order valence-electron chi connectivity index (χ0n) is 10.9. The highest BCUT2D eigenvalue weighted by Gasteiger charge is 2.09. The minimum Gasteiger partial charge on any atom is -0.496 e. The Labute approximate surface area is 107 Å². The van der Waals surface area contributed by atoms with E-state index in [-0.39, 0.29) is 0 Å². The minimum absolute atomic E-state index is 0.646. The van der Waals surface area contributed by atoms with Gasteiger partial charge in [0, 0.05) is 37.3 Å². The molecular formula is C14H19N3O. The molecule has 1 aromatic heterocycles. The SMILES string of the molecule is COc1ccccc1Cc1ncc(CCN)n1C. The van der Waals surface area contributed by atoms with Crippen LogP contribution >= 0.6 is 0 Å². The third kappa shape index (κ3) is 2.54. The Hall–Kier alpha value is -1.81. The Balaban J connectivity index is 2.23. The van der Waals surface area contributed by atoms with Crippen molar-refractivity contribution in [3.8, 4) is 5.75 Å². The van der Waals surface area contributed by atoms with Crippen LogP contribution in [0.1, 0.15) is 17.1 Å². The second-order valence-electron chi connectivity index (χ2n) is 4.25. The summed E-state index contributed by atoms with van der Waals surface area (Å²) in [4.78, 5) is 4.46. The molecule has 0 aliphatic heterocycles. The number of imidazole rings is 1. The van der Waals surface area contributed by atoms with Crippen molar-refractivity contribution in [2.45, 2.75) is 12.8 Å². The average Bonchev–Trinajstić information content (AvgIpc) is 2.73. The zero-order chi connectivity index (χ0) is 13.0. The van der Waals surface area contributed by atoms with Gasteiger partial charge in [-0.1, -0.05) is 18.2 Å². The first-order valence-electron chi connectivity index (χ1n) is 6.07. The van der Waals surface area contributed by atoms with Gasteiger partial charge in [-0.3, -0.25) is 0 Å². The molecule has 2 N–H and O–H groups in total. The molecule has 0 radical (unpaired) electrons. The molecule has 0 aliphatic rings. The van der Waals surface area contributed by atoms with E-state index in [2.05, 4.69) is 15.6 Å². The topological polar surface area (TPSA) is 53.1 Å². The lowest BCUT2D eigenvalue weighted by Gasteiger charge is -2.09. The van der Waals surface area contributed by atoms with E-state index < -0.39 is 0 Å². The van der Waals surface area contributed by atoms with E-state index in [1.807, 2.05) is 31.4 Å². The number of aromatic nitrogens is 2. The summed E-state index contributed by atoms with van der Waals surface area (Å²) in [6.07, 6.45) is 3.53. The van der Waals surface area contributed by atoms with Crippen molar-refractivity contribution in [2.24, 2.45) is 12.8 Å². The number of benzene rings is 1. The largest absolute Gasteiger partial charge is 0.496 e. The molecule has 0 spiro atoms. The van der Waals surface area contributed by atoms with E-state index in [0.29, 0.717) is 6.54 Å². The summed E-state index contributed by atoms with van der Waals surface area (Å²) in [6.45, 7) is 0.646. The van der Waals surface area contributed by atoms with Crippen molar-refractivity contribution >= 4 is 0 Å². The van der Waals surface area contributed by atoms with Crippen LogP contribution in [0.5, 0.6) is 5.75 Å². The molecule has 0 atom stereocenters. The Kier molecular flexibility index (Phi) is 3.99. The zero-order valence-corrected chi connectivity index (χ0v) is 10.9. The maximum Gasteiger partial charge on any atom is 0.122 e. The van der Waals surface area contributed by atoms with Crippen molar-refractivity contribution in [1.82, 2.24) is 9.55 Å². The molecule has 18 heavy (non-hydrogen) atoms. The van der Waals surface area contributed by atoms with Crippen molar-refractivity contribution in [2.75, 3.05) is 13.7 Å². The number of nitrogens with zero attached hydrogens (tertiary/aromatic N) is 2. The molecule has 4 heteroatoms. The van der Waals surface area contributed by atoms with Gasteiger partial charge >= 0.3 is 0 Å². The number of ether oxygens (including phenoxy) is 1. The Morgan fingerprint density at radius 2 is 2.11 bits per heavy atom. The summed E-state index contributed by atoms with van der Waals surface area (Å²) in [5, 5.41) is 0. The number of hydrogen-bond acceptors (Lipinski definition) is 3. The van der Waals surface area contributed by atoms with Gasteiger partial charge < -0.3 is 15.0 Å². The van der Waals surface area contributed by atoms with Crippen LogP contribution in [-0.4, -0.2) is 23.2 Å². The molecule has 0 aliphatic carbocycles. The monoisotopic (exact) mass is 245 g/mol. The summed E-state index contributed by atoms with van der Waals surface area (Å²) in [5.41, 5.74) is 7.89. The van der Waals surface area contributed by atoms with Crippen molar-refractivity contribution in [3.05, 3.63) is 47.5 Å². The Bertz CT molecular complexity index is 520. The van der Waals surface area contributed by atoms with Crippen molar-refractivity contribution < 1.29 is 4.74 Å². The highest BCUT2D eigenvalue weighted by molar-refractivity contribution is 5.35. The molecule has 0 fully saturated rings. The first kappa shape index (κ1) is 12.6. The van der Waals surface area contributed by atoms with Gasteiger partial charge in [-0.15, -0.1) is 0 Å². The predicted molar refractivity (Wildman–Crippen MR) is 71.8 cm³/mol. The highest BCUT2D eigenvalue weighted by Crippen LogP contribution is 2.20. The van der Waals surface area contributed by atoms with Crippen LogP contribution in [0.25, 0.3) is 0 Å². The summed E-state index contributed by atoms with van der Waals surface area (Å²) >= 11 is 0. The van der Waals surface area contributed by atoms with E-state index in [0.717, 1.165) is 30.0 Å². The summed E-state index contributed by atoms with van der Waals surface area (Å²) in [6, 6.07) is 8.03. The van der Waals surface area contributed by atoms with Gasteiger partial charge in [-0.05, 0) is 12.6 Å². The molecule has 1 aromatic carbocycles. The Morgan fingerprint density at radius 1 is 1.33 bits per heavy atom. The lowest BCUT2D eigenvalue weighted by atomic mass is 10.1. The van der Waals surface area contributed by atoms with E-state index in [4.69, 9.17) is 10.5 Å². The predicted octanol–water partition coefficient (Wildman–Crippen LogP) is 1.52. The van der Waals surface area contributed by atoms with E-state index >= 15 is 0 Å². The van der Waals surface area contributed by atoms with Gasteiger partial charge in [0.25, 0.3) is 0 Å². The Morgan fingerprint density at radius 3 is 2.83 bits per heavy atom. The minimum atomic E-state index is 0.646. The fourth-order valence-corrected chi connectivity index (χ4v) is 2.05. The fraction of sp³-hybridized carbons (Fsp3) is 0.357. The molecule has 0 saturated carbocycles. The molecule has 96 valence electrons. The molecule has 0 unspecified atom stereocenters. The molecule has 0 bridgehead atoms. The van der Waals surface area contributed by atoms with Crippen LogP contribution in [0, 0.1) is 0 Å². The lowest BCUT2D eigenvalue weighted by Crippen LogP contribution is -2.08. The third-order valence-electron chi connectivity index (χ3n) is 3.12. The summed E-state index contributed by atoms with van der Waals surface area (Å²) < 4.78 is 7.47. The van der Waals surface area contributed by atoms with E-state index in [1.165, 1.54) is 5.69 Å². The number of para-hydroxylation sites is 1. The number of rotatable bonds is 5. The van der Waals surface area contributed by atoms with Crippen molar-refractivity contribution in [1.29, 1.82) is 0 Å². The normalized spacial score (nSPS) is 10.6. The smallest absolute Gasteiger partial charge is 0.122 e. The van der Waals surface area contributed by atoms with Gasteiger partial charge in [0.2, 0.25) is 0 Å². The van der Waals surface area contributed by atoms with E-state index in [1.54, 1.807) is 7.11 Å². The van der Waals surface area contributed by atoms with Crippen LogP contribution in [0.4, 0.5) is 0 Å². The third-order valence-corrected chi connectivity index (χ3v) is 3.12. The molecule has 2 rings (SSSR count).